The van der Waals surface area contributed by atoms with Crippen molar-refractivity contribution in [3.05, 3.63) is 42.4 Å². The summed E-state index contributed by atoms with van der Waals surface area (Å²) in [6.07, 6.45) is 5.71. The van der Waals surface area contributed by atoms with Crippen LogP contribution in [-0.4, -0.2) is 21.0 Å². The van der Waals surface area contributed by atoms with Crippen LogP contribution in [-0.2, 0) is 6.42 Å². The molecule has 0 aliphatic heterocycles. The maximum absolute atomic E-state index is 9.83. The number of aromatic nitrogens is 2. The Kier molecular flexibility index (Phi) is 2.64. The lowest BCUT2D eigenvalue weighted by Crippen LogP contribution is -2.02. The first-order valence-corrected chi connectivity index (χ1v) is 6.08. The summed E-state index contributed by atoms with van der Waals surface area (Å²) < 4.78 is 2.07. The van der Waals surface area contributed by atoms with Crippen LogP contribution in [0.25, 0.3) is 16.4 Å². The fraction of sp³-hybridized carbons (Fsp3) is 0.214. The lowest BCUT2D eigenvalue weighted by molar-refractivity contribution is 0.481. The molecule has 0 bridgehead atoms. The number of hydrogen-bond donors (Lipinski definition) is 2. The van der Waals surface area contributed by atoms with Crippen molar-refractivity contribution in [1.29, 1.82) is 0 Å². The van der Waals surface area contributed by atoms with Gasteiger partial charge < -0.3 is 15.2 Å². The van der Waals surface area contributed by atoms with Crippen LogP contribution in [0.2, 0.25) is 0 Å². The van der Waals surface area contributed by atoms with E-state index in [2.05, 4.69) is 9.38 Å². The Morgan fingerprint density at radius 3 is 2.94 bits per heavy atom. The molecule has 0 radical (unpaired) electrons. The Morgan fingerprint density at radius 2 is 2.11 bits per heavy atom. The number of phenols is 1. The van der Waals surface area contributed by atoms with E-state index >= 15 is 0 Å². The van der Waals surface area contributed by atoms with Gasteiger partial charge in [-0.15, -0.1) is 0 Å². The molecule has 0 atom stereocenters. The summed E-state index contributed by atoms with van der Waals surface area (Å²) in [5.41, 5.74) is 7.57. The van der Waals surface area contributed by atoms with Gasteiger partial charge in [-0.25, -0.2) is 4.98 Å². The molecule has 3 aromatic rings. The molecule has 0 fully saturated rings. The van der Waals surface area contributed by atoms with Gasteiger partial charge in [0.1, 0.15) is 11.4 Å². The fourth-order valence-corrected chi connectivity index (χ4v) is 2.30. The number of aryl methyl sites for hydroxylation is 1. The molecule has 0 aliphatic rings. The molecule has 18 heavy (non-hydrogen) atoms. The van der Waals surface area contributed by atoms with Crippen molar-refractivity contribution in [3.8, 4) is 5.75 Å². The van der Waals surface area contributed by atoms with Crippen molar-refractivity contribution in [2.75, 3.05) is 6.54 Å². The number of nitrogens with two attached hydrogens (primary N) is 1. The average molecular weight is 241 g/mol. The van der Waals surface area contributed by atoms with E-state index in [0.717, 1.165) is 35.0 Å². The molecule has 4 nitrogen and oxygen atoms in total. The third kappa shape index (κ3) is 1.62. The number of imidazole rings is 1. The smallest absolute Gasteiger partial charge is 0.144 e. The molecular weight excluding hydrogens is 226 g/mol. The number of aromatic hydroxyl groups is 1. The van der Waals surface area contributed by atoms with E-state index in [-0.39, 0.29) is 0 Å². The van der Waals surface area contributed by atoms with Gasteiger partial charge in [-0.05, 0) is 31.5 Å². The van der Waals surface area contributed by atoms with Gasteiger partial charge in [0.2, 0.25) is 0 Å². The number of benzene rings is 1. The second-order valence-corrected chi connectivity index (χ2v) is 4.39. The minimum absolute atomic E-state index is 0.293. The molecule has 2 heterocycles. The third-order valence-corrected chi connectivity index (χ3v) is 3.22. The van der Waals surface area contributed by atoms with Gasteiger partial charge in [-0.3, -0.25) is 0 Å². The fourth-order valence-electron chi connectivity index (χ4n) is 2.30. The molecule has 0 amide bonds. The number of hydrogen-bond acceptors (Lipinski definition) is 3. The first kappa shape index (κ1) is 11.0. The van der Waals surface area contributed by atoms with Crippen LogP contribution in [0.1, 0.15) is 12.1 Å². The third-order valence-electron chi connectivity index (χ3n) is 3.22. The Balaban J connectivity index is 2.23. The Morgan fingerprint density at radius 1 is 1.22 bits per heavy atom. The van der Waals surface area contributed by atoms with Crippen molar-refractivity contribution >= 4 is 16.4 Å². The van der Waals surface area contributed by atoms with E-state index in [1.54, 1.807) is 6.07 Å². The number of nitrogens with zero attached hydrogens (tertiary/aromatic N) is 2. The standard InChI is InChI=1S/C14H15N3O/c15-7-2-3-10-9-16-14-12-4-1-5-13(18)11(12)6-8-17(10)14/h1,4-6,8-9,18H,2-3,7,15H2. The summed E-state index contributed by atoms with van der Waals surface area (Å²) in [5.74, 6) is 0.293. The van der Waals surface area contributed by atoms with E-state index < -0.39 is 0 Å². The van der Waals surface area contributed by atoms with Crippen molar-refractivity contribution in [2.24, 2.45) is 5.73 Å². The summed E-state index contributed by atoms with van der Waals surface area (Å²) in [5, 5.41) is 11.6. The molecule has 0 unspecified atom stereocenters. The normalized spacial score (nSPS) is 11.4. The number of pyridine rings is 1. The van der Waals surface area contributed by atoms with Gasteiger partial charge in [0, 0.05) is 28.9 Å². The Labute approximate surface area is 105 Å². The van der Waals surface area contributed by atoms with Crippen molar-refractivity contribution < 1.29 is 5.11 Å². The van der Waals surface area contributed by atoms with E-state index in [4.69, 9.17) is 5.73 Å². The van der Waals surface area contributed by atoms with Gasteiger partial charge in [0.05, 0.1) is 0 Å². The quantitative estimate of drug-likeness (QED) is 0.738. The second kappa shape index (κ2) is 4.31. The monoisotopic (exact) mass is 241 g/mol. The Bertz CT molecular complexity index is 703. The van der Waals surface area contributed by atoms with Crippen LogP contribution in [0.15, 0.2) is 36.7 Å². The first-order valence-electron chi connectivity index (χ1n) is 6.08. The minimum atomic E-state index is 0.293. The lowest BCUT2D eigenvalue weighted by Gasteiger charge is -2.05. The van der Waals surface area contributed by atoms with E-state index in [1.807, 2.05) is 30.6 Å². The minimum Gasteiger partial charge on any atom is -0.507 e. The highest BCUT2D eigenvalue weighted by atomic mass is 16.3. The highest BCUT2D eigenvalue weighted by molar-refractivity contribution is 5.97. The van der Waals surface area contributed by atoms with Gasteiger partial charge in [0.25, 0.3) is 0 Å². The van der Waals surface area contributed by atoms with Gasteiger partial charge in [-0.2, -0.15) is 0 Å². The predicted octanol–water partition coefficient (Wildman–Crippen LogP) is 2.08. The van der Waals surface area contributed by atoms with Gasteiger partial charge in [-0.1, -0.05) is 12.1 Å². The van der Waals surface area contributed by atoms with Crippen LogP contribution in [0.4, 0.5) is 0 Å². The highest BCUT2D eigenvalue weighted by Gasteiger charge is 2.08. The average Bonchev–Trinajstić information content (AvgIpc) is 2.80. The number of phenolic OH excluding ortho intramolecular Hbond substituents is 1. The predicted molar refractivity (Wildman–Crippen MR) is 71.7 cm³/mol. The van der Waals surface area contributed by atoms with Crippen LogP contribution in [0.3, 0.4) is 0 Å². The molecule has 0 saturated carbocycles. The molecule has 0 saturated heterocycles. The largest absolute Gasteiger partial charge is 0.507 e. The van der Waals surface area contributed by atoms with Crippen LogP contribution in [0.5, 0.6) is 5.75 Å². The number of fused-ring (bicyclic) bond motifs is 3. The summed E-state index contributed by atoms with van der Waals surface area (Å²) in [6.45, 7) is 0.682. The molecule has 4 heteroatoms. The van der Waals surface area contributed by atoms with E-state index in [0.29, 0.717) is 12.3 Å². The molecule has 3 rings (SSSR count). The van der Waals surface area contributed by atoms with Gasteiger partial charge in [0.15, 0.2) is 0 Å². The SMILES string of the molecule is NCCCc1cnc2c3cccc(O)c3ccn12. The van der Waals surface area contributed by atoms with Crippen molar-refractivity contribution in [1.82, 2.24) is 9.38 Å². The molecule has 92 valence electrons. The molecule has 0 spiro atoms. The summed E-state index contributed by atoms with van der Waals surface area (Å²) in [7, 11) is 0. The molecule has 1 aromatic carbocycles. The van der Waals surface area contributed by atoms with Crippen molar-refractivity contribution in [2.45, 2.75) is 12.8 Å². The maximum Gasteiger partial charge on any atom is 0.144 e. The number of rotatable bonds is 3. The van der Waals surface area contributed by atoms with Crippen molar-refractivity contribution in [3.63, 3.8) is 0 Å². The van der Waals surface area contributed by atoms with Gasteiger partial charge >= 0.3 is 0 Å². The van der Waals surface area contributed by atoms with Crippen LogP contribution in [0, 0.1) is 0 Å². The topological polar surface area (TPSA) is 63.5 Å². The second-order valence-electron chi connectivity index (χ2n) is 4.39. The van der Waals surface area contributed by atoms with Crippen LogP contribution < -0.4 is 5.73 Å². The summed E-state index contributed by atoms with van der Waals surface area (Å²) in [6, 6.07) is 7.43. The highest BCUT2D eigenvalue weighted by Crippen LogP contribution is 2.27. The molecule has 2 aromatic heterocycles. The Hall–Kier alpha value is -2.07. The molecule has 0 aliphatic carbocycles. The zero-order valence-electron chi connectivity index (χ0n) is 10.0. The summed E-state index contributed by atoms with van der Waals surface area (Å²) >= 11 is 0. The van der Waals surface area contributed by atoms with Crippen LogP contribution >= 0.6 is 0 Å². The lowest BCUT2D eigenvalue weighted by atomic mass is 10.1. The molecular formula is C14H15N3O. The zero-order valence-corrected chi connectivity index (χ0v) is 10.0. The van der Waals surface area contributed by atoms with E-state index in [9.17, 15) is 5.11 Å². The first-order chi connectivity index (χ1) is 8.81. The maximum atomic E-state index is 9.83. The molecule has 3 N–H and O–H groups in total. The zero-order chi connectivity index (χ0) is 12.5. The van der Waals surface area contributed by atoms with E-state index in [1.165, 1.54) is 0 Å². The summed E-state index contributed by atoms with van der Waals surface area (Å²) in [4.78, 5) is 4.45.